The van der Waals surface area contributed by atoms with Crippen LogP contribution in [0.2, 0.25) is 0 Å². The van der Waals surface area contributed by atoms with E-state index in [1.807, 2.05) is 27.7 Å². The molecule has 0 bridgehead atoms. The number of carbonyl (C=O) groups excluding carboxylic acids is 1. The quantitative estimate of drug-likeness (QED) is 0.765. The second kappa shape index (κ2) is 6.52. The number of aryl methyl sites for hydroxylation is 1. The van der Waals surface area contributed by atoms with Gasteiger partial charge in [-0.2, -0.15) is 11.3 Å². The first-order valence-electron chi connectivity index (χ1n) is 7.34. The topological polar surface area (TPSA) is 35.5 Å². The Morgan fingerprint density at radius 2 is 1.86 bits per heavy atom. The van der Waals surface area contributed by atoms with Crippen molar-refractivity contribution >= 4 is 41.4 Å². The molecule has 0 aromatic carbocycles. The lowest BCUT2D eigenvalue weighted by atomic mass is 9.78. The van der Waals surface area contributed by atoms with E-state index in [0.717, 1.165) is 5.47 Å². The van der Waals surface area contributed by atoms with E-state index in [2.05, 4.69) is 23.8 Å². The first kappa shape index (κ1) is 17.8. The van der Waals surface area contributed by atoms with E-state index in [4.69, 9.17) is 9.31 Å². The second-order valence-corrected chi connectivity index (χ2v) is 8.49. The summed E-state index contributed by atoms with van der Waals surface area (Å²) >= 11 is 2.97. The van der Waals surface area contributed by atoms with E-state index in [9.17, 15) is 4.79 Å². The van der Waals surface area contributed by atoms with Crippen LogP contribution in [0.25, 0.3) is 6.08 Å². The highest BCUT2D eigenvalue weighted by Crippen LogP contribution is 2.39. The minimum absolute atomic E-state index is 0.101. The van der Waals surface area contributed by atoms with Crippen LogP contribution in [-0.2, 0) is 14.1 Å². The van der Waals surface area contributed by atoms with E-state index in [-0.39, 0.29) is 16.3 Å². The van der Waals surface area contributed by atoms with Gasteiger partial charge in [0.1, 0.15) is 0 Å². The van der Waals surface area contributed by atoms with Gasteiger partial charge in [0.25, 0.3) is 0 Å². The lowest BCUT2D eigenvalue weighted by Crippen LogP contribution is -2.41. The summed E-state index contributed by atoms with van der Waals surface area (Å²) in [4.78, 5) is 11.3. The summed E-state index contributed by atoms with van der Waals surface area (Å²) < 4.78 is 12.3. The Balaban J connectivity index is 2.28. The number of thioether (sulfide) groups is 1. The number of carbonyl (C=O) groups is 1. The first-order chi connectivity index (χ1) is 10.1. The minimum atomic E-state index is -0.406. The molecule has 0 radical (unpaired) electrons. The van der Waals surface area contributed by atoms with Crippen molar-refractivity contribution in [3.8, 4) is 0 Å². The predicted octanol–water partition coefficient (Wildman–Crippen LogP) is 4.35. The fraction of sp³-hybridized carbons (Fsp3) is 0.562. The average molecular weight is 338 g/mol. The van der Waals surface area contributed by atoms with Gasteiger partial charge < -0.3 is 9.31 Å². The van der Waals surface area contributed by atoms with Crippen molar-refractivity contribution in [2.75, 3.05) is 5.75 Å². The molecule has 0 unspecified atom stereocenters. The summed E-state index contributed by atoms with van der Waals surface area (Å²) in [6.45, 7) is 11.8. The van der Waals surface area contributed by atoms with Crippen LogP contribution in [0.3, 0.4) is 0 Å². The van der Waals surface area contributed by atoms with Crippen molar-refractivity contribution in [1.82, 2.24) is 0 Å². The molecule has 1 aromatic rings. The SMILES string of the molecule is CC(=O)SCC(=Cc1cscc1C)B1OC(C)(C)C(C)(C)O1. The molecule has 0 N–H and O–H groups in total. The highest BCUT2D eigenvalue weighted by atomic mass is 32.2. The molecule has 1 aliphatic heterocycles. The lowest BCUT2D eigenvalue weighted by molar-refractivity contribution is -0.109. The molecule has 0 amide bonds. The lowest BCUT2D eigenvalue weighted by Gasteiger charge is -2.32. The van der Waals surface area contributed by atoms with Gasteiger partial charge >= 0.3 is 7.12 Å². The molecule has 3 nitrogen and oxygen atoms in total. The Bertz CT molecular complexity index is 574. The normalized spacial score (nSPS) is 20.5. The van der Waals surface area contributed by atoms with Gasteiger partial charge in [-0.3, -0.25) is 4.79 Å². The van der Waals surface area contributed by atoms with Crippen molar-refractivity contribution in [2.45, 2.75) is 52.7 Å². The molecule has 6 heteroatoms. The molecular weight excluding hydrogens is 315 g/mol. The largest absolute Gasteiger partial charge is 0.491 e. The van der Waals surface area contributed by atoms with Gasteiger partial charge in [-0.25, -0.2) is 0 Å². The molecule has 120 valence electrons. The molecule has 0 aliphatic carbocycles. The maximum atomic E-state index is 11.3. The van der Waals surface area contributed by atoms with Crippen LogP contribution in [0.15, 0.2) is 16.2 Å². The van der Waals surface area contributed by atoms with Gasteiger partial charge in [-0.1, -0.05) is 17.8 Å². The molecule has 0 atom stereocenters. The molecule has 1 fully saturated rings. The molecule has 1 aromatic heterocycles. The average Bonchev–Trinajstić information content (AvgIpc) is 2.86. The standard InChI is InChI=1S/C16H23BO3S2/c1-11-8-21-9-13(11)7-14(10-22-12(2)18)17-19-15(3,4)16(5,6)20-17/h7-9H,10H2,1-6H3. The Labute approximate surface area is 141 Å². The van der Waals surface area contributed by atoms with Crippen LogP contribution >= 0.6 is 23.1 Å². The van der Waals surface area contributed by atoms with Crippen LogP contribution in [0.1, 0.15) is 45.7 Å². The zero-order valence-corrected chi connectivity index (χ0v) is 15.7. The number of rotatable bonds is 4. The first-order valence-corrected chi connectivity index (χ1v) is 9.27. The van der Waals surface area contributed by atoms with Gasteiger partial charge in [-0.15, -0.1) is 0 Å². The van der Waals surface area contributed by atoms with Crippen LogP contribution in [-0.4, -0.2) is 29.2 Å². The van der Waals surface area contributed by atoms with Crippen LogP contribution in [0.4, 0.5) is 0 Å². The molecule has 22 heavy (non-hydrogen) atoms. The summed E-state index contributed by atoms with van der Waals surface area (Å²) in [5, 5.41) is 4.33. The maximum absolute atomic E-state index is 11.3. The third-order valence-electron chi connectivity index (χ3n) is 4.23. The molecule has 1 saturated heterocycles. The second-order valence-electron chi connectivity index (χ2n) is 6.60. The van der Waals surface area contributed by atoms with Crippen LogP contribution in [0, 0.1) is 6.92 Å². The van der Waals surface area contributed by atoms with Crippen LogP contribution < -0.4 is 0 Å². The summed E-state index contributed by atoms with van der Waals surface area (Å²) in [6, 6.07) is 0. The summed E-state index contributed by atoms with van der Waals surface area (Å²) in [5.74, 6) is 0.585. The Morgan fingerprint density at radius 3 is 2.32 bits per heavy atom. The van der Waals surface area contributed by atoms with E-state index in [1.54, 1.807) is 18.3 Å². The molecule has 2 rings (SSSR count). The van der Waals surface area contributed by atoms with E-state index >= 15 is 0 Å². The number of thiophene rings is 1. The van der Waals surface area contributed by atoms with Crippen molar-refractivity contribution in [3.63, 3.8) is 0 Å². The molecular formula is C16H23BO3S2. The molecule has 2 heterocycles. The van der Waals surface area contributed by atoms with Gasteiger partial charge in [0.05, 0.1) is 11.2 Å². The number of hydrogen-bond donors (Lipinski definition) is 0. The fourth-order valence-corrected chi connectivity index (χ4v) is 3.47. The van der Waals surface area contributed by atoms with E-state index < -0.39 is 7.12 Å². The fourth-order valence-electron chi connectivity index (χ4n) is 2.08. The Hall–Kier alpha value is -0.555. The van der Waals surface area contributed by atoms with Crippen molar-refractivity contribution in [3.05, 3.63) is 27.4 Å². The van der Waals surface area contributed by atoms with Gasteiger partial charge in [0.15, 0.2) is 5.12 Å². The van der Waals surface area contributed by atoms with Gasteiger partial charge in [-0.05, 0) is 62.0 Å². The minimum Gasteiger partial charge on any atom is -0.400 e. The van der Waals surface area contributed by atoms with Crippen molar-refractivity contribution in [1.29, 1.82) is 0 Å². The highest BCUT2D eigenvalue weighted by Gasteiger charge is 2.52. The van der Waals surface area contributed by atoms with Crippen molar-refractivity contribution < 1.29 is 14.1 Å². The Morgan fingerprint density at radius 1 is 1.27 bits per heavy atom. The van der Waals surface area contributed by atoms with Gasteiger partial charge in [0, 0.05) is 12.7 Å². The van der Waals surface area contributed by atoms with Crippen molar-refractivity contribution in [2.24, 2.45) is 0 Å². The smallest absolute Gasteiger partial charge is 0.400 e. The van der Waals surface area contributed by atoms with E-state index in [1.165, 1.54) is 22.9 Å². The monoisotopic (exact) mass is 338 g/mol. The molecule has 1 aliphatic rings. The van der Waals surface area contributed by atoms with Gasteiger partial charge in [0.2, 0.25) is 0 Å². The van der Waals surface area contributed by atoms with Crippen LogP contribution in [0.5, 0.6) is 0 Å². The van der Waals surface area contributed by atoms with E-state index in [0.29, 0.717) is 5.75 Å². The number of hydrogen-bond acceptors (Lipinski definition) is 5. The third-order valence-corrected chi connectivity index (χ3v) is 6.00. The Kier molecular flexibility index (Phi) is 5.27. The predicted molar refractivity (Wildman–Crippen MR) is 96.3 cm³/mol. The summed E-state index contributed by atoms with van der Waals surface area (Å²) in [5.41, 5.74) is 2.65. The molecule has 0 saturated carbocycles. The zero-order valence-electron chi connectivity index (χ0n) is 14.1. The summed E-state index contributed by atoms with van der Waals surface area (Å²) in [7, 11) is -0.406. The molecule has 0 spiro atoms. The third kappa shape index (κ3) is 3.85. The highest BCUT2D eigenvalue weighted by molar-refractivity contribution is 8.13. The zero-order chi connectivity index (χ0) is 16.5. The summed E-state index contributed by atoms with van der Waals surface area (Å²) in [6.07, 6.45) is 2.10. The maximum Gasteiger partial charge on any atom is 0.491 e.